The van der Waals surface area contributed by atoms with Crippen LogP contribution in [0, 0.1) is 0 Å². The van der Waals surface area contributed by atoms with Gasteiger partial charge < -0.3 is 15.2 Å². The van der Waals surface area contributed by atoms with Crippen molar-refractivity contribution in [2.24, 2.45) is 0 Å². The predicted molar refractivity (Wildman–Crippen MR) is 57.4 cm³/mol. The highest BCUT2D eigenvalue weighted by molar-refractivity contribution is 4.67. The topological polar surface area (TPSA) is 41.5 Å². The van der Waals surface area contributed by atoms with Gasteiger partial charge in [-0.15, -0.1) is 0 Å². The second-order valence-electron chi connectivity index (χ2n) is 3.96. The van der Waals surface area contributed by atoms with E-state index in [-0.39, 0.29) is 0 Å². The van der Waals surface area contributed by atoms with Gasteiger partial charge in [0.1, 0.15) is 0 Å². The molecule has 3 nitrogen and oxygen atoms in total. The van der Waals surface area contributed by atoms with Crippen LogP contribution in [-0.2, 0) is 4.74 Å². The van der Waals surface area contributed by atoms with Crippen LogP contribution in [0.5, 0.6) is 0 Å². The van der Waals surface area contributed by atoms with Crippen molar-refractivity contribution in [1.29, 1.82) is 0 Å². The van der Waals surface area contributed by atoms with E-state index in [1.54, 1.807) is 0 Å². The molecule has 0 spiro atoms. The Bertz CT molecular complexity index is 124. The Morgan fingerprint density at radius 2 is 1.79 bits per heavy atom. The molecule has 0 amide bonds. The van der Waals surface area contributed by atoms with Crippen LogP contribution in [-0.4, -0.2) is 37.5 Å². The molecular weight excluding hydrogens is 178 g/mol. The number of unbranched alkanes of at least 4 members (excludes halogenated alkanes) is 3. The molecule has 0 bridgehead atoms. The van der Waals surface area contributed by atoms with Crippen LogP contribution in [0.3, 0.4) is 0 Å². The summed E-state index contributed by atoms with van der Waals surface area (Å²) in [5, 5.41) is 11.9. The van der Waals surface area contributed by atoms with E-state index in [2.05, 4.69) is 5.32 Å². The Balaban J connectivity index is 1.82. The smallest absolute Gasteiger partial charge is 0.0599 e. The Morgan fingerprint density at radius 1 is 1.07 bits per heavy atom. The van der Waals surface area contributed by atoms with Crippen molar-refractivity contribution in [2.75, 3.05) is 26.3 Å². The summed E-state index contributed by atoms with van der Waals surface area (Å²) in [5.74, 6) is 0. The zero-order valence-corrected chi connectivity index (χ0v) is 9.00. The standard InChI is InChI=1S/C11H23NO2/c13-9-3-1-2-4-10-14-11-5-7-12-8-6-11/h11-13H,1-10H2. The molecule has 0 atom stereocenters. The number of nitrogens with one attached hydrogen (secondary N) is 1. The lowest BCUT2D eigenvalue weighted by Crippen LogP contribution is -2.32. The van der Waals surface area contributed by atoms with Gasteiger partial charge in [-0.05, 0) is 38.8 Å². The van der Waals surface area contributed by atoms with Gasteiger partial charge in [-0.1, -0.05) is 12.8 Å². The van der Waals surface area contributed by atoms with Crippen LogP contribution in [0.1, 0.15) is 38.5 Å². The van der Waals surface area contributed by atoms with E-state index >= 15 is 0 Å². The number of hydrogen-bond donors (Lipinski definition) is 2. The fourth-order valence-corrected chi connectivity index (χ4v) is 1.78. The summed E-state index contributed by atoms with van der Waals surface area (Å²) in [6, 6.07) is 0. The van der Waals surface area contributed by atoms with E-state index in [1.807, 2.05) is 0 Å². The maximum absolute atomic E-state index is 8.59. The molecule has 1 aliphatic rings. The lowest BCUT2D eigenvalue weighted by atomic mass is 10.1. The summed E-state index contributed by atoms with van der Waals surface area (Å²) in [4.78, 5) is 0. The quantitative estimate of drug-likeness (QED) is 0.610. The van der Waals surface area contributed by atoms with Crippen LogP contribution in [0.25, 0.3) is 0 Å². The molecule has 1 fully saturated rings. The zero-order valence-electron chi connectivity index (χ0n) is 9.00. The second-order valence-corrected chi connectivity index (χ2v) is 3.96. The molecule has 14 heavy (non-hydrogen) atoms. The number of aliphatic hydroxyl groups is 1. The lowest BCUT2D eigenvalue weighted by Gasteiger charge is -2.22. The normalized spacial score (nSPS) is 18.6. The van der Waals surface area contributed by atoms with E-state index in [1.165, 1.54) is 6.42 Å². The Morgan fingerprint density at radius 3 is 2.50 bits per heavy atom. The van der Waals surface area contributed by atoms with Gasteiger partial charge in [-0.3, -0.25) is 0 Å². The van der Waals surface area contributed by atoms with Gasteiger partial charge in [0.25, 0.3) is 0 Å². The first-order chi connectivity index (χ1) is 6.93. The first kappa shape index (κ1) is 12.0. The van der Waals surface area contributed by atoms with Crippen LogP contribution < -0.4 is 5.32 Å². The molecule has 0 saturated carbocycles. The Labute approximate surface area is 86.8 Å². The highest BCUT2D eigenvalue weighted by Crippen LogP contribution is 2.08. The Hall–Kier alpha value is -0.120. The fourth-order valence-electron chi connectivity index (χ4n) is 1.78. The molecule has 0 aromatic rings. The van der Waals surface area contributed by atoms with Crippen molar-refractivity contribution < 1.29 is 9.84 Å². The molecule has 0 aromatic carbocycles. The van der Waals surface area contributed by atoms with E-state index in [0.29, 0.717) is 12.7 Å². The molecular formula is C11H23NO2. The molecule has 2 N–H and O–H groups in total. The van der Waals surface area contributed by atoms with Crippen LogP contribution in [0.15, 0.2) is 0 Å². The van der Waals surface area contributed by atoms with E-state index in [0.717, 1.165) is 51.8 Å². The minimum absolute atomic E-state index is 0.329. The first-order valence-electron chi connectivity index (χ1n) is 5.86. The zero-order chi connectivity index (χ0) is 10.1. The summed E-state index contributed by atoms with van der Waals surface area (Å²) in [7, 11) is 0. The van der Waals surface area contributed by atoms with Crippen molar-refractivity contribution >= 4 is 0 Å². The third-order valence-electron chi connectivity index (χ3n) is 2.69. The summed E-state index contributed by atoms with van der Waals surface area (Å²) in [6.07, 6.45) is 7.22. The van der Waals surface area contributed by atoms with Gasteiger partial charge in [-0.2, -0.15) is 0 Å². The summed E-state index contributed by atoms with van der Waals surface area (Å²) >= 11 is 0. The number of ether oxygens (including phenoxy) is 1. The molecule has 3 heteroatoms. The molecule has 0 aliphatic carbocycles. The van der Waals surface area contributed by atoms with Gasteiger partial charge in [0.2, 0.25) is 0 Å². The van der Waals surface area contributed by atoms with Crippen molar-refractivity contribution in [3.8, 4) is 0 Å². The van der Waals surface area contributed by atoms with Gasteiger partial charge in [0, 0.05) is 13.2 Å². The van der Waals surface area contributed by atoms with Crippen molar-refractivity contribution in [1.82, 2.24) is 5.32 Å². The number of rotatable bonds is 7. The van der Waals surface area contributed by atoms with Crippen LogP contribution in [0.2, 0.25) is 0 Å². The van der Waals surface area contributed by atoms with Gasteiger partial charge >= 0.3 is 0 Å². The predicted octanol–water partition coefficient (Wildman–Crippen LogP) is 1.31. The molecule has 84 valence electrons. The second kappa shape index (κ2) is 8.21. The van der Waals surface area contributed by atoms with Crippen LogP contribution >= 0.6 is 0 Å². The van der Waals surface area contributed by atoms with E-state index in [4.69, 9.17) is 9.84 Å². The molecule has 1 heterocycles. The molecule has 0 aromatic heterocycles. The van der Waals surface area contributed by atoms with Gasteiger partial charge in [0.05, 0.1) is 6.10 Å². The molecule has 0 unspecified atom stereocenters. The van der Waals surface area contributed by atoms with E-state index < -0.39 is 0 Å². The van der Waals surface area contributed by atoms with Crippen molar-refractivity contribution in [3.63, 3.8) is 0 Å². The Kier molecular flexibility index (Phi) is 7.01. The summed E-state index contributed by atoms with van der Waals surface area (Å²) in [5.41, 5.74) is 0. The average molecular weight is 201 g/mol. The molecule has 1 saturated heterocycles. The molecule has 0 radical (unpaired) electrons. The number of aliphatic hydroxyl groups excluding tert-OH is 1. The number of piperidine rings is 1. The lowest BCUT2D eigenvalue weighted by molar-refractivity contribution is 0.0306. The average Bonchev–Trinajstić information content (AvgIpc) is 2.25. The summed E-state index contributed by atoms with van der Waals surface area (Å²) < 4.78 is 5.76. The van der Waals surface area contributed by atoms with Crippen molar-refractivity contribution in [2.45, 2.75) is 44.6 Å². The van der Waals surface area contributed by atoms with Gasteiger partial charge in [-0.25, -0.2) is 0 Å². The molecule has 1 rings (SSSR count). The minimum atomic E-state index is 0.329. The number of hydrogen-bond acceptors (Lipinski definition) is 3. The largest absolute Gasteiger partial charge is 0.396 e. The monoisotopic (exact) mass is 201 g/mol. The highest BCUT2D eigenvalue weighted by atomic mass is 16.5. The maximum Gasteiger partial charge on any atom is 0.0599 e. The third-order valence-corrected chi connectivity index (χ3v) is 2.69. The SMILES string of the molecule is OCCCCCCOC1CCNCC1. The van der Waals surface area contributed by atoms with Gasteiger partial charge in [0.15, 0.2) is 0 Å². The summed E-state index contributed by atoms with van der Waals surface area (Å²) in [6.45, 7) is 3.44. The highest BCUT2D eigenvalue weighted by Gasteiger charge is 2.12. The third kappa shape index (κ3) is 5.58. The van der Waals surface area contributed by atoms with Crippen molar-refractivity contribution in [3.05, 3.63) is 0 Å². The minimum Gasteiger partial charge on any atom is -0.396 e. The van der Waals surface area contributed by atoms with Crippen LogP contribution in [0.4, 0.5) is 0 Å². The molecule has 1 aliphatic heterocycles. The first-order valence-corrected chi connectivity index (χ1v) is 5.86. The fraction of sp³-hybridized carbons (Fsp3) is 1.00. The maximum atomic E-state index is 8.59. The van der Waals surface area contributed by atoms with E-state index in [9.17, 15) is 0 Å².